The number of aliphatic hydroxyl groups is 1. The highest BCUT2D eigenvalue weighted by molar-refractivity contribution is 5.91. The van der Waals surface area contributed by atoms with Crippen molar-refractivity contribution in [2.24, 2.45) is 11.8 Å². The Morgan fingerprint density at radius 1 is 1.26 bits per heavy atom. The van der Waals surface area contributed by atoms with Gasteiger partial charge in [-0.15, -0.1) is 0 Å². The number of carbonyl (C=O) groups is 1. The molecular formula is C17H26N2O4. The molecule has 2 fully saturated rings. The number of amides is 1. The van der Waals surface area contributed by atoms with E-state index in [1.807, 2.05) is 0 Å². The highest BCUT2D eigenvalue weighted by atomic mass is 16.6. The molecule has 1 amide bonds. The van der Waals surface area contributed by atoms with Crippen LogP contribution in [0.4, 0.5) is 0 Å². The van der Waals surface area contributed by atoms with Crippen LogP contribution in [0, 0.1) is 11.8 Å². The average Bonchev–Trinajstić information content (AvgIpc) is 3.22. The van der Waals surface area contributed by atoms with Crippen molar-refractivity contribution >= 4 is 5.91 Å². The molecule has 3 heterocycles. The van der Waals surface area contributed by atoms with E-state index >= 15 is 0 Å². The van der Waals surface area contributed by atoms with Crippen LogP contribution in [0.1, 0.15) is 29.8 Å². The Balaban J connectivity index is 1.62. The van der Waals surface area contributed by atoms with Crippen LogP contribution < -0.4 is 4.74 Å². The molecule has 2 saturated heterocycles. The first-order valence-corrected chi connectivity index (χ1v) is 8.47. The van der Waals surface area contributed by atoms with E-state index in [0.29, 0.717) is 30.7 Å². The highest BCUT2D eigenvalue weighted by Crippen LogP contribution is 2.27. The molecule has 0 spiro atoms. The van der Waals surface area contributed by atoms with Crippen LogP contribution in [-0.4, -0.2) is 67.3 Å². The van der Waals surface area contributed by atoms with E-state index in [2.05, 4.69) is 4.90 Å². The third-order valence-corrected chi connectivity index (χ3v) is 5.03. The van der Waals surface area contributed by atoms with Crippen molar-refractivity contribution < 1.29 is 19.1 Å². The zero-order chi connectivity index (χ0) is 16.2. The normalized spacial score (nSPS) is 25.7. The Labute approximate surface area is 137 Å². The molecule has 2 aliphatic rings. The summed E-state index contributed by atoms with van der Waals surface area (Å²) in [5.41, 5.74) is 0. The van der Waals surface area contributed by atoms with Crippen LogP contribution in [0.25, 0.3) is 0 Å². The van der Waals surface area contributed by atoms with E-state index < -0.39 is 0 Å². The molecule has 1 aromatic heterocycles. The SMILES string of the molecule is COc1ccc(C(=O)N2C[C@@H](CN3CCCCC3)[C@@H](CO)C2)o1. The predicted molar refractivity (Wildman–Crippen MR) is 85.5 cm³/mol. The molecule has 0 radical (unpaired) electrons. The fourth-order valence-electron chi connectivity index (χ4n) is 3.69. The number of nitrogens with zero attached hydrogens (tertiary/aromatic N) is 2. The quantitative estimate of drug-likeness (QED) is 0.889. The molecule has 0 aliphatic carbocycles. The molecule has 0 saturated carbocycles. The topological polar surface area (TPSA) is 66.2 Å². The van der Waals surface area contributed by atoms with Crippen LogP contribution >= 0.6 is 0 Å². The summed E-state index contributed by atoms with van der Waals surface area (Å²) in [7, 11) is 1.51. The van der Waals surface area contributed by atoms with Gasteiger partial charge in [-0.1, -0.05) is 6.42 Å². The summed E-state index contributed by atoms with van der Waals surface area (Å²) >= 11 is 0. The number of aliphatic hydroxyl groups excluding tert-OH is 1. The number of methoxy groups -OCH3 is 1. The Hall–Kier alpha value is -1.53. The standard InChI is InChI=1S/C17H26N2O4/c1-22-16-6-5-15(23-16)17(21)19-10-13(14(11-19)12-20)9-18-7-3-2-4-8-18/h5-6,13-14,20H,2-4,7-12H2,1H3/t13-,14-/m1/s1. The molecule has 23 heavy (non-hydrogen) atoms. The van der Waals surface area contributed by atoms with Gasteiger partial charge in [0.15, 0.2) is 5.76 Å². The van der Waals surface area contributed by atoms with Crippen molar-refractivity contribution in [2.45, 2.75) is 19.3 Å². The van der Waals surface area contributed by atoms with Gasteiger partial charge < -0.3 is 24.1 Å². The molecule has 1 N–H and O–H groups in total. The van der Waals surface area contributed by atoms with Crippen molar-refractivity contribution in [3.63, 3.8) is 0 Å². The van der Waals surface area contributed by atoms with Gasteiger partial charge in [0.25, 0.3) is 11.9 Å². The van der Waals surface area contributed by atoms with Crippen molar-refractivity contribution in [2.75, 3.05) is 46.4 Å². The van der Waals surface area contributed by atoms with Gasteiger partial charge in [0, 0.05) is 38.2 Å². The summed E-state index contributed by atoms with van der Waals surface area (Å²) in [6.45, 7) is 4.65. The van der Waals surface area contributed by atoms with Crippen LogP contribution in [0.15, 0.2) is 16.5 Å². The number of hydrogen-bond donors (Lipinski definition) is 1. The first kappa shape index (κ1) is 16.3. The van der Waals surface area contributed by atoms with Crippen LogP contribution in [0.5, 0.6) is 5.95 Å². The van der Waals surface area contributed by atoms with Gasteiger partial charge in [0.05, 0.1) is 7.11 Å². The minimum atomic E-state index is -0.118. The van der Waals surface area contributed by atoms with Crippen molar-refractivity contribution in [1.29, 1.82) is 0 Å². The largest absolute Gasteiger partial charge is 0.468 e. The van der Waals surface area contributed by atoms with Crippen LogP contribution in [-0.2, 0) is 0 Å². The highest BCUT2D eigenvalue weighted by Gasteiger charge is 2.37. The molecule has 1 aromatic rings. The second-order valence-corrected chi connectivity index (χ2v) is 6.60. The zero-order valence-electron chi connectivity index (χ0n) is 13.7. The summed E-state index contributed by atoms with van der Waals surface area (Å²) in [4.78, 5) is 16.8. The smallest absolute Gasteiger partial charge is 0.289 e. The molecule has 2 aliphatic heterocycles. The van der Waals surface area contributed by atoms with E-state index in [-0.39, 0.29) is 18.4 Å². The maximum Gasteiger partial charge on any atom is 0.289 e. The molecule has 0 unspecified atom stereocenters. The molecule has 128 valence electrons. The van der Waals surface area contributed by atoms with E-state index in [0.717, 1.165) is 19.6 Å². The van der Waals surface area contributed by atoms with Gasteiger partial charge in [-0.3, -0.25) is 4.79 Å². The Bertz CT molecular complexity index is 524. The van der Waals surface area contributed by atoms with Crippen LogP contribution in [0.3, 0.4) is 0 Å². The number of rotatable bonds is 5. The van der Waals surface area contributed by atoms with Gasteiger partial charge in [-0.2, -0.15) is 0 Å². The maximum atomic E-state index is 12.6. The van der Waals surface area contributed by atoms with Gasteiger partial charge in [-0.25, -0.2) is 0 Å². The number of ether oxygens (including phenoxy) is 1. The zero-order valence-corrected chi connectivity index (χ0v) is 13.7. The molecule has 3 rings (SSSR count). The number of carbonyl (C=O) groups excluding carboxylic acids is 1. The molecule has 0 aromatic carbocycles. The summed E-state index contributed by atoms with van der Waals surface area (Å²) in [5.74, 6) is 1.01. The van der Waals surface area contributed by atoms with E-state index in [9.17, 15) is 9.90 Å². The van der Waals surface area contributed by atoms with Gasteiger partial charge in [0.1, 0.15) is 0 Å². The number of hydrogen-bond acceptors (Lipinski definition) is 5. The van der Waals surface area contributed by atoms with Gasteiger partial charge in [-0.05, 0) is 37.9 Å². The summed E-state index contributed by atoms with van der Waals surface area (Å²) < 4.78 is 10.4. The fourth-order valence-corrected chi connectivity index (χ4v) is 3.69. The first-order chi connectivity index (χ1) is 11.2. The second-order valence-electron chi connectivity index (χ2n) is 6.60. The lowest BCUT2D eigenvalue weighted by Gasteiger charge is -2.30. The minimum absolute atomic E-state index is 0.118. The summed E-state index contributed by atoms with van der Waals surface area (Å²) in [6.07, 6.45) is 3.83. The molecule has 0 bridgehead atoms. The van der Waals surface area contributed by atoms with Crippen molar-refractivity contribution in [1.82, 2.24) is 9.80 Å². The van der Waals surface area contributed by atoms with Crippen molar-refractivity contribution in [3.8, 4) is 5.95 Å². The predicted octanol–water partition coefficient (Wildman–Crippen LogP) is 1.45. The third kappa shape index (κ3) is 3.70. The number of furan rings is 1. The third-order valence-electron chi connectivity index (χ3n) is 5.03. The lowest BCUT2D eigenvalue weighted by Crippen LogP contribution is -2.37. The minimum Gasteiger partial charge on any atom is -0.468 e. The fraction of sp³-hybridized carbons (Fsp3) is 0.706. The molecule has 6 nitrogen and oxygen atoms in total. The van der Waals surface area contributed by atoms with E-state index in [1.165, 1.54) is 26.4 Å². The van der Waals surface area contributed by atoms with Gasteiger partial charge in [0.2, 0.25) is 0 Å². The second kappa shape index (κ2) is 7.36. The lowest BCUT2D eigenvalue weighted by atomic mass is 9.95. The average molecular weight is 322 g/mol. The van der Waals surface area contributed by atoms with E-state index in [1.54, 1.807) is 17.0 Å². The van der Waals surface area contributed by atoms with Crippen LogP contribution in [0.2, 0.25) is 0 Å². The summed E-state index contributed by atoms with van der Waals surface area (Å²) in [6, 6.07) is 3.30. The monoisotopic (exact) mass is 322 g/mol. The molecular weight excluding hydrogens is 296 g/mol. The van der Waals surface area contributed by atoms with Crippen molar-refractivity contribution in [3.05, 3.63) is 17.9 Å². The van der Waals surface area contributed by atoms with E-state index in [4.69, 9.17) is 9.15 Å². The number of likely N-dealkylation sites (tertiary alicyclic amines) is 2. The Morgan fingerprint density at radius 3 is 2.65 bits per heavy atom. The first-order valence-electron chi connectivity index (χ1n) is 8.47. The number of piperidine rings is 1. The Morgan fingerprint density at radius 2 is 2.00 bits per heavy atom. The molecule has 2 atom stereocenters. The lowest BCUT2D eigenvalue weighted by molar-refractivity contribution is 0.0740. The van der Waals surface area contributed by atoms with Gasteiger partial charge >= 0.3 is 0 Å². The Kier molecular flexibility index (Phi) is 5.23. The molecule has 6 heteroatoms. The maximum absolute atomic E-state index is 12.6. The summed E-state index contributed by atoms with van der Waals surface area (Å²) in [5, 5.41) is 9.68.